The van der Waals surface area contributed by atoms with E-state index in [0.717, 1.165) is 16.6 Å². The molecule has 0 saturated carbocycles. The molecule has 18 heavy (non-hydrogen) atoms. The van der Waals surface area contributed by atoms with Crippen LogP contribution in [0.3, 0.4) is 0 Å². The van der Waals surface area contributed by atoms with Crippen molar-refractivity contribution in [2.24, 2.45) is 5.73 Å². The monoisotopic (exact) mass is 304 g/mol. The maximum atomic E-state index is 5.70. The van der Waals surface area contributed by atoms with Gasteiger partial charge in [0.05, 0.1) is 0 Å². The zero-order chi connectivity index (χ0) is 13.0. The van der Waals surface area contributed by atoms with E-state index in [-0.39, 0.29) is 0 Å². The molecule has 0 amide bonds. The van der Waals surface area contributed by atoms with Crippen molar-refractivity contribution in [3.8, 4) is 0 Å². The van der Waals surface area contributed by atoms with Gasteiger partial charge in [0.25, 0.3) is 0 Å². The Labute approximate surface area is 117 Å². The summed E-state index contributed by atoms with van der Waals surface area (Å²) in [6.45, 7) is 1.45. The lowest BCUT2D eigenvalue weighted by molar-refractivity contribution is 0.918. The predicted molar refractivity (Wildman–Crippen MR) is 80.6 cm³/mol. The van der Waals surface area contributed by atoms with E-state index in [4.69, 9.17) is 5.73 Å². The fourth-order valence-corrected chi connectivity index (χ4v) is 2.45. The first-order valence-corrected chi connectivity index (χ1v) is 6.73. The summed E-state index contributed by atoms with van der Waals surface area (Å²) in [5.41, 5.74) is 9.31. The van der Waals surface area contributed by atoms with E-state index in [9.17, 15) is 0 Å². The molecule has 0 radical (unpaired) electrons. The number of rotatable bonds is 4. The van der Waals surface area contributed by atoms with Gasteiger partial charge in [-0.15, -0.1) is 0 Å². The van der Waals surface area contributed by atoms with E-state index in [2.05, 4.69) is 70.3 Å². The van der Waals surface area contributed by atoms with Crippen molar-refractivity contribution in [3.63, 3.8) is 0 Å². The van der Waals surface area contributed by atoms with Crippen LogP contribution in [0.2, 0.25) is 0 Å². The molecular formula is C15H17BrN2. The summed E-state index contributed by atoms with van der Waals surface area (Å²) in [6.07, 6.45) is 0. The minimum atomic E-state index is 0.561. The molecule has 2 aromatic carbocycles. The Balaban J connectivity index is 2.18. The van der Waals surface area contributed by atoms with Gasteiger partial charge in [0.2, 0.25) is 0 Å². The van der Waals surface area contributed by atoms with Crippen molar-refractivity contribution in [2.75, 3.05) is 11.9 Å². The number of hydrogen-bond acceptors (Lipinski definition) is 2. The fourth-order valence-electron chi connectivity index (χ4n) is 1.92. The molecule has 3 heteroatoms. The summed E-state index contributed by atoms with van der Waals surface area (Å²) in [6, 6.07) is 16.7. The first-order valence-electron chi connectivity index (χ1n) is 5.93. The Morgan fingerprint density at radius 3 is 2.44 bits per heavy atom. The Kier molecular flexibility index (Phi) is 4.39. The molecule has 0 heterocycles. The zero-order valence-corrected chi connectivity index (χ0v) is 12.0. The largest absolute Gasteiger partial charge is 0.370 e. The molecule has 0 saturated heterocycles. The maximum Gasteiger partial charge on any atom is 0.0426 e. The summed E-state index contributed by atoms with van der Waals surface area (Å²) in [7, 11) is 2.09. The molecule has 0 bridgehead atoms. The van der Waals surface area contributed by atoms with Crippen LogP contribution in [0.5, 0.6) is 0 Å². The lowest BCUT2D eigenvalue weighted by Crippen LogP contribution is -2.16. The Bertz CT molecular complexity index is 511. The van der Waals surface area contributed by atoms with Crippen LogP contribution >= 0.6 is 15.9 Å². The number of anilines is 1. The summed E-state index contributed by atoms with van der Waals surface area (Å²) in [5, 5.41) is 0. The van der Waals surface area contributed by atoms with Crippen molar-refractivity contribution in [1.29, 1.82) is 0 Å². The minimum Gasteiger partial charge on any atom is -0.370 e. The van der Waals surface area contributed by atoms with E-state index in [0.29, 0.717) is 6.54 Å². The van der Waals surface area contributed by atoms with Crippen molar-refractivity contribution in [2.45, 2.75) is 13.1 Å². The van der Waals surface area contributed by atoms with E-state index in [1.807, 2.05) is 6.07 Å². The predicted octanol–water partition coefficient (Wildman–Crippen LogP) is 3.54. The van der Waals surface area contributed by atoms with Gasteiger partial charge in [0.1, 0.15) is 0 Å². The Morgan fingerprint density at radius 2 is 1.78 bits per heavy atom. The summed E-state index contributed by atoms with van der Waals surface area (Å²) in [4.78, 5) is 2.22. The Morgan fingerprint density at radius 1 is 1.06 bits per heavy atom. The number of halogens is 1. The average molecular weight is 305 g/mol. The standard InChI is InChI=1S/C15H17BrN2/c1-18(11-12-5-3-2-4-6-12)15-8-13(10-17)7-14(16)9-15/h2-9H,10-11,17H2,1H3. The van der Waals surface area contributed by atoms with Crippen LogP contribution < -0.4 is 10.6 Å². The quantitative estimate of drug-likeness (QED) is 0.936. The zero-order valence-electron chi connectivity index (χ0n) is 10.4. The molecular weight excluding hydrogens is 288 g/mol. The summed E-state index contributed by atoms with van der Waals surface area (Å²) < 4.78 is 1.07. The molecule has 0 aromatic heterocycles. The van der Waals surface area contributed by atoms with E-state index >= 15 is 0 Å². The van der Waals surface area contributed by atoms with Gasteiger partial charge in [-0.2, -0.15) is 0 Å². The highest BCUT2D eigenvalue weighted by atomic mass is 79.9. The smallest absolute Gasteiger partial charge is 0.0426 e. The third-order valence-electron chi connectivity index (χ3n) is 2.88. The van der Waals surface area contributed by atoms with Crippen LogP contribution in [0, 0.1) is 0 Å². The van der Waals surface area contributed by atoms with E-state index in [1.54, 1.807) is 0 Å². The number of hydrogen-bond donors (Lipinski definition) is 1. The van der Waals surface area contributed by atoms with Crippen LogP contribution in [0.1, 0.15) is 11.1 Å². The molecule has 0 unspecified atom stereocenters. The van der Waals surface area contributed by atoms with Crippen LogP contribution in [0.15, 0.2) is 53.0 Å². The van der Waals surface area contributed by atoms with Crippen LogP contribution in [0.25, 0.3) is 0 Å². The van der Waals surface area contributed by atoms with Crippen molar-refractivity contribution in [1.82, 2.24) is 0 Å². The number of nitrogens with zero attached hydrogens (tertiary/aromatic N) is 1. The molecule has 0 fully saturated rings. The molecule has 94 valence electrons. The third kappa shape index (κ3) is 3.34. The second-order valence-electron chi connectivity index (χ2n) is 4.36. The SMILES string of the molecule is CN(Cc1ccccc1)c1cc(Br)cc(CN)c1. The minimum absolute atomic E-state index is 0.561. The molecule has 2 N–H and O–H groups in total. The van der Waals surface area contributed by atoms with Crippen LogP contribution in [-0.2, 0) is 13.1 Å². The lowest BCUT2D eigenvalue weighted by atomic mass is 10.1. The van der Waals surface area contributed by atoms with Gasteiger partial charge in [-0.1, -0.05) is 46.3 Å². The van der Waals surface area contributed by atoms with Crippen LogP contribution in [-0.4, -0.2) is 7.05 Å². The molecule has 0 atom stereocenters. The maximum absolute atomic E-state index is 5.70. The van der Waals surface area contributed by atoms with Gasteiger partial charge in [-0.05, 0) is 29.3 Å². The molecule has 0 aliphatic rings. The highest BCUT2D eigenvalue weighted by Crippen LogP contribution is 2.23. The molecule has 0 aliphatic carbocycles. The molecule has 2 rings (SSSR count). The van der Waals surface area contributed by atoms with E-state index in [1.165, 1.54) is 11.3 Å². The third-order valence-corrected chi connectivity index (χ3v) is 3.34. The normalized spacial score (nSPS) is 10.4. The summed E-state index contributed by atoms with van der Waals surface area (Å²) >= 11 is 3.53. The second kappa shape index (κ2) is 6.03. The number of nitrogens with two attached hydrogens (primary N) is 1. The summed E-state index contributed by atoms with van der Waals surface area (Å²) in [5.74, 6) is 0. The van der Waals surface area contributed by atoms with Gasteiger partial charge in [0.15, 0.2) is 0 Å². The highest BCUT2D eigenvalue weighted by molar-refractivity contribution is 9.10. The molecule has 2 aromatic rings. The molecule has 2 nitrogen and oxygen atoms in total. The Hall–Kier alpha value is -1.32. The molecule has 0 aliphatic heterocycles. The van der Waals surface area contributed by atoms with Gasteiger partial charge >= 0.3 is 0 Å². The average Bonchev–Trinajstić information content (AvgIpc) is 2.39. The first kappa shape index (κ1) is 13.1. The molecule has 0 spiro atoms. The van der Waals surface area contributed by atoms with Gasteiger partial charge in [-0.25, -0.2) is 0 Å². The van der Waals surface area contributed by atoms with Gasteiger partial charge in [0, 0.05) is 30.3 Å². The van der Waals surface area contributed by atoms with Gasteiger partial charge in [-0.3, -0.25) is 0 Å². The van der Waals surface area contributed by atoms with Gasteiger partial charge < -0.3 is 10.6 Å². The van der Waals surface area contributed by atoms with Crippen molar-refractivity contribution < 1.29 is 0 Å². The first-order chi connectivity index (χ1) is 8.69. The highest BCUT2D eigenvalue weighted by Gasteiger charge is 2.04. The number of benzene rings is 2. The topological polar surface area (TPSA) is 29.3 Å². The van der Waals surface area contributed by atoms with Crippen molar-refractivity contribution >= 4 is 21.6 Å². The fraction of sp³-hybridized carbons (Fsp3) is 0.200. The van der Waals surface area contributed by atoms with E-state index < -0.39 is 0 Å². The van der Waals surface area contributed by atoms with Crippen LogP contribution in [0.4, 0.5) is 5.69 Å². The van der Waals surface area contributed by atoms with Crippen molar-refractivity contribution in [3.05, 3.63) is 64.1 Å². The second-order valence-corrected chi connectivity index (χ2v) is 5.28. The lowest BCUT2D eigenvalue weighted by Gasteiger charge is -2.20.